The van der Waals surface area contributed by atoms with Gasteiger partial charge in [0.15, 0.2) is 11.0 Å². The first-order chi connectivity index (χ1) is 14.0. The number of halogens is 1. The van der Waals surface area contributed by atoms with Gasteiger partial charge in [-0.15, -0.1) is 10.2 Å². The normalized spacial score (nSPS) is 10.8. The number of amides is 1. The topological polar surface area (TPSA) is 63.1 Å². The molecule has 0 atom stereocenters. The summed E-state index contributed by atoms with van der Waals surface area (Å²) in [4.78, 5) is 14.4. The Morgan fingerprint density at radius 1 is 1.14 bits per heavy atom. The molecule has 0 aliphatic heterocycles. The van der Waals surface area contributed by atoms with Crippen molar-refractivity contribution in [3.05, 3.63) is 54.3 Å². The van der Waals surface area contributed by atoms with E-state index in [1.807, 2.05) is 23.7 Å². The first-order valence-electron chi connectivity index (χ1n) is 9.44. The number of hydrogen-bond donors (Lipinski definition) is 1. The summed E-state index contributed by atoms with van der Waals surface area (Å²) in [6.07, 6.45) is 0. The lowest BCUT2D eigenvalue weighted by Crippen LogP contribution is -2.21. The third-order valence-corrected chi connectivity index (χ3v) is 5.55. The van der Waals surface area contributed by atoms with Crippen molar-refractivity contribution in [3.8, 4) is 11.4 Å². The maximum atomic E-state index is 13.2. The highest BCUT2D eigenvalue weighted by Crippen LogP contribution is 2.25. The van der Waals surface area contributed by atoms with Gasteiger partial charge < -0.3 is 14.8 Å². The molecule has 6 nitrogen and oxygen atoms in total. The van der Waals surface area contributed by atoms with Gasteiger partial charge in [-0.3, -0.25) is 4.79 Å². The van der Waals surface area contributed by atoms with Gasteiger partial charge >= 0.3 is 0 Å². The third kappa shape index (κ3) is 5.14. The van der Waals surface area contributed by atoms with Crippen molar-refractivity contribution in [1.29, 1.82) is 0 Å². The number of rotatable bonds is 8. The molecule has 0 saturated heterocycles. The van der Waals surface area contributed by atoms with Gasteiger partial charge in [-0.25, -0.2) is 4.39 Å². The number of hydrogen-bond acceptors (Lipinski definition) is 5. The number of carbonyl (C=O) groups is 1. The number of benzene rings is 2. The van der Waals surface area contributed by atoms with Crippen LogP contribution in [0.25, 0.3) is 11.4 Å². The van der Waals surface area contributed by atoms with Gasteiger partial charge in [0.25, 0.3) is 0 Å². The van der Waals surface area contributed by atoms with Crippen LogP contribution in [0.15, 0.2) is 53.7 Å². The van der Waals surface area contributed by atoms with Crippen molar-refractivity contribution < 1.29 is 9.18 Å². The quantitative estimate of drug-likeness (QED) is 0.561. The van der Waals surface area contributed by atoms with Crippen LogP contribution in [-0.4, -0.2) is 39.5 Å². The predicted molar refractivity (Wildman–Crippen MR) is 116 cm³/mol. The molecule has 1 heterocycles. The van der Waals surface area contributed by atoms with E-state index in [0.717, 1.165) is 24.5 Å². The number of carbonyl (C=O) groups excluding carboxylic acids is 1. The van der Waals surface area contributed by atoms with Crippen LogP contribution < -0.4 is 10.2 Å². The third-order valence-electron chi connectivity index (χ3n) is 4.53. The number of anilines is 2. The maximum absolute atomic E-state index is 13.2. The number of thioether (sulfide) groups is 1. The molecule has 1 N–H and O–H groups in total. The van der Waals surface area contributed by atoms with E-state index in [9.17, 15) is 9.18 Å². The van der Waals surface area contributed by atoms with E-state index < -0.39 is 0 Å². The Morgan fingerprint density at radius 3 is 2.52 bits per heavy atom. The molecule has 1 amide bonds. The van der Waals surface area contributed by atoms with Gasteiger partial charge in [0, 0.05) is 37.1 Å². The second-order valence-electron chi connectivity index (χ2n) is 6.43. The van der Waals surface area contributed by atoms with Crippen LogP contribution in [-0.2, 0) is 11.8 Å². The largest absolute Gasteiger partial charge is 0.372 e. The number of nitrogens with one attached hydrogen (secondary N) is 1. The fourth-order valence-corrected chi connectivity index (χ4v) is 3.71. The lowest BCUT2D eigenvalue weighted by Gasteiger charge is -2.21. The molecular formula is C21H24FN5OS. The fourth-order valence-electron chi connectivity index (χ4n) is 3.00. The summed E-state index contributed by atoms with van der Waals surface area (Å²) >= 11 is 1.28. The van der Waals surface area contributed by atoms with E-state index in [1.54, 1.807) is 12.1 Å². The Bertz CT molecular complexity index is 969. The van der Waals surface area contributed by atoms with Crippen LogP contribution in [0.3, 0.4) is 0 Å². The SMILES string of the molecule is CCN(CC)c1ccc(-c2nnc(SCC(=O)Nc3cccc(F)c3)n2C)cc1. The Balaban J connectivity index is 1.64. The molecule has 0 spiro atoms. The molecule has 0 aliphatic rings. The van der Waals surface area contributed by atoms with Gasteiger partial charge in [-0.2, -0.15) is 0 Å². The average molecular weight is 414 g/mol. The minimum Gasteiger partial charge on any atom is -0.372 e. The van der Waals surface area contributed by atoms with Crippen molar-refractivity contribution in [2.24, 2.45) is 7.05 Å². The molecule has 29 heavy (non-hydrogen) atoms. The summed E-state index contributed by atoms with van der Waals surface area (Å²) in [5.74, 6) is 0.280. The van der Waals surface area contributed by atoms with E-state index >= 15 is 0 Å². The second kappa shape index (κ2) is 9.56. The molecular weight excluding hydrogens is 389 g/mol. The molecule has 152 valence electrons. The van der Waals surface area contributed by atoms with Crippen molar-refractivity contribution >= 4 is 29.0 Å². The summed E-state index contributed by atoms with van der Waals surface area (Å²) in [7, 11) is 1.88. The average Bonchev–Trinajstić information content (AvgIpc) is 3.08. The Labute approximate surface area is 174 Å². The highest BCUT2D eigenvalue weighted by Gasteiger charge is 2.14. The van der Waals surface area contributed by atoms with E-state index in [4.69, 9.17) is 0 Å². The summed E-state index contributed by atoms with van der Waals surface area (Å²) in [5, 5.41) is 11.8. The lowest BCUT2D eigenvalue weighted by atomic mass is 10.2. The summed E-state index contributed by atoms with van der Waals surface area (Å²) in [6.45, 7) is 6.18. The monoisotopic (exact) mass is 413 g/mol. The minimum atomic E-state index is -0.389. The molecule has 8 heteroatoms. The Hall–Kier alpha value is -2.87. The van der Waals surface area contributed by atoms with E-state index in [0.29, 0.717) is 10.8 Å². The van der Waals surface area contributed by atoms with E-state index in [-0.39, 0.29) is 17.5 Å². The molecule has 0 fully saturated rings. The first kappa shape index (κ1) is 20.9. The Morgan fingerprint density at radius 2 is 1.86 bits per heavy atom. The van der Waals surface area contributed by atoms with Crippen molar-refractivity contribution in [2.45, 2.75) is 19.0 Å². The van der Waals surface area contributed by atoms with E-state index in [2.05, 4.69) is 46.4 Å². The van der Waals surface area contributed by atoms with Gasteiger partial charge in [0.2, 0.25) is 5.91 Å². The molecule has 3 aromatic rings. The zero-order valence-electron chi connectivity index (χ0n) is 16.7. The highest BCUT2D eigenvalue weighted by molar-refractivity contribution is 7.99. The predicted octanol–water partition coefficient (Wildman–Crippen LogP) is 4.20. The second-order valence-corrected chi connectivity index (χ2v) is 7.37. The molecule has 3 rings (SSSR count). The molecule has 2 aromatic carbocycles. The molecule has 0 aliphatic carbocycles. The van der Waals surface area contributed by atoms with Crippen molar-refractivity contribution in [2.75, 3.05) is 29.1 Å². The zero-order valence-corrected chi connectivity index (χ0v) is 17.5. The smallest absolute Gasteiger partial charge is 0.234 e. The minimum absolute atomic E-state index is 0.156. The number of nitrogens with zero attached hydrogens (tertiary/aromatic N) is 4. The van der Waals surface area contributed by atoms with E-state index in [1.165, 1.54) is 29.6 Å². The van der Waals surface area contributed by atoms with Crippen LogP contribution in [0.4, 0.5) is 15.8 Å². The van der Waals surface area contributed by atoms with Crippen molar-refractivity contribution in [1.82, 2.24) is 14.8 Å². The van der Waals surface area contributed by atoms with Gasteiger partial charge in [-0.05, 0) is 56.3 Å². The van der Waals surface area contributed by atoms with Gasteiger partial charge in [0.05, 0.1) is 5.75 Å². The van der Waals surface area contributed by atoms with Crippen molar-refractivity contribution in [3.63, 3.8) is 0 Å². The highest BCUT2D eigenvalue weighted by atomic mass is 32.2. The number of aromatic nitrogens is 3. The fraction of sp³-hybridized carbons (Fsp3) is 0.286. The Kier molecular flexibility index (Phi) is 6.87. The molecule has 0 unspecified atom stereocenters. The lowest BCUT2D eigenvalue weighted by molar-refractivity contribution is -0.113. The zero-order chi connectivity index (χ0) is 20.8. The molecule has 0 radical (unpaired) electrons. The van der Waals surface area contributed by atoms with Crippen LogP contribution in [0.2, 0.25) is 0 Å². The van der Waals surface area contributed by atoms with Crippen LogP contribution in [0.5, 0.6) is 0 Å². The summed E-state index contributed by atoms with van der Waals surface area (Å²) < 4.78 is 15.1. The molecule has 1 aromatic heterocycles. The van der Waals surface area contributed by atoms with Crippen LogP contribution in [0.1, 0.15) is 13.8 Å². The maximum Gasteiger partial charge on any atom is 0.234 e. The standard InChI is InChI=1S/C21H24FN5OS/c1-4-27(5-2)18-11-9-15(10-12-18)20-24-25-21(26(20)3)29-14-19(28)23-17-8-6-7-16(22)13-17/h6-13H,4-5,14H2,1-3H3,(H,23,28). The molecule has 0 saturated carbocycles. The summed E-state index contributed by atoms with van der Waals surface area (Å²) in [6, 6.07) is 14.0. The van der Waals surface area contributed by atoms with Gasteiger partial charge in [0.1, 0.15) is 5.82 Å². The summed E-state index contributed by atoms with van der Waals surface area (Å²) in [5.41, 5.74) is 2.57. The van der Waals surface area contributed by atoms with Crippen LogP contribution >= 0.6 is 11.8 Å². The molecule has 0 bridgehead atoms. The van der Waals surface area contributed by atoms with Gasteiger partial charge in [-0.1, -0.05) is 17.8 Å². The van der Waals surface area contributed by atoms with Crippen LogP contribution in [0, 0.1) is 5.82 Å². The first-order valence-corrected chi connectivity index (χ1v) is 10.4.